The lowest BCUT2D eigenvalue weighted by atomic mass is 10.0. The van der Waals surface area contributed by atoms with Gasteiger partial charge in [-0.3, -0.25) is 0 Å². The van der Waals surface area contributed by atoms with Crippen LogP contribution in [0.2, 0.25) is 0 Å². The first kappa shape index (κ1) is 15.2. The summed E-state index contributed by atoms with van der Waals surface area (Å²) in [5, 5.41) is 3.59. The first-order chi connectivity index (χ1) is 8.72. The molecule has 2 nitrogen and oxygen atoms in total. The van der Waals surface area contributed by atoms with Gasteiger partial charge in [-0.25, -0.2) is 0 Å². The average molecular weight is 248 g/mol. The Hall–Kier alpha value is -0.860. The van der Waals surface area contributed by atoms with Crippen LogP contribution in [-0.4, -0.2) is 31.1 Å². The molecule has 0 aliphatic rings. The van der Waals surface area contributed by atoms with E-state index in [9.17, 15) is 0 Å². The second-order valence-corrected chi connectivity index (χ2v) is 4.93. The Labute approximate surface area is 112 Å². The summed E-state index contributed by atoms with van der Waals surface area (Å²) in [5.74, 6) is 0. The minimum absolute atomic E-state index is 0.432. The molecule has 0 aliphatic carbocycles. The van der Waals surface area contributed by atoms with Gasteiger partial charge in [0.25, 0.3) is 0 Å². The van der Waals surface area contributed by atoms with Gasteiger partial charge in [0.15, 0.2) is 0 Å². The molecule has 0 spiro atoms. The SMILES string of the molecule is CCNC(CN(C)C(CC)CC)c1ccccc1. The summed E-state index contributed by atoms with van der Waals surface area (Å²) in [6, 6.07) is 11.9. The third-order valence-electron chi connectivity index (χ3n) is 3.69. The van der Waals surface area contributed by atoms with E-state index in [0.29, 0.717) is 12.1 Å². The van der Waals surface area contributed by atoms with E-state index in [1.54, 1.807) is 0 Å². The number of rotatable bonds is 8. The van der Waals surface area contributed by atoms with E-state index < -0.39 is 0 Å². The van der Waals surface area contributed by atoms with Gasteiger partial charge in [-0.05, 0) is 32.0 Å². The molecule has 0 fully saturated rings. The maximum atomic E-state index is 3.59. The van der Waals surface area contributed by atoms with Gasteiger partial charge >= 0.3 is 0 Å². The predicted octanol–water partition coefficient (Wildman–Crippen LogP) is 3.46. The molecule has 0 bridgehead atoms. The smallest absolute Gasteiger partial charge is 0.0449 e. The summed E-state index contributed by atoms with van der Waals surface area (Å²) in [5.41, 5.74) is 1.39. The van der Waals surface area contributed by atoms with E-state index in [1.807, 2.05) is 0 Å². The van der Waals surface area contributed by atoms with Crippen LogP contribution in [0, 0.1) is 0 Å². The van der Waals surface area contributed by atoms with Crippen LogP contribution in [0.25, 0.3) is 0 Å². The third kappa shape index (κ3) is 4.43. The second-order valence-electron chi connectivity index (χ2n) is 4.93. The minimum Gasteiger partial charge on any atom is -0.309 e. The lowest BCUT2D eigenvalue weighted by molar-refractivity contribution is 0.206. The molecule has 0 amide bonds. The molecule has 0 aromatic heterocycles. The van der Waals surface area contributed by atoms with Crippen LogP contribution < -0.4 is 5.32 Å². The van der Waals surface area contributed by atoms with Crippen LogP contribution in [0.4, 0.5) is 0 Å². The van der Waals surface area contributed by atoms with Crippen LogP contribution in [0.3, 0.4) is 0 Å². The Morgan fingerprint density at radius 2 is 1.67 bits per heavy atom. The van der Waals surface area contributed by atoms with E-state index in [4.69, 9.17) is 0 Å². The van der Waals surface area contributed by atoms with Crippen LogP contribution in [0.5, 0.6) is 0 Å². The number of hydrogen-bond donors (Lipinski definition) is 1. The molecule has 1 rings (SSSR count). The fraction of sp³-hybridized carbons (Fsp3) is 0.625. The zero-order chi connectivity index (χ0) is 13.4. The van der Waals surface area contributed by atoms with E-state index in [0.717, 1.165) is 13.1 Å². The average Bonchev–Trinajstić information content (AvgIpc) is 2.40. The number of benzene rings is 1. The molecule has 0 saturated heterocycles. The number of nitrogens with one attached hydrogen (secondary N) is 1. The summed E-state index contributed by atoms with van der Waals surface area (Å²) in [4.78, 5) is 2.49. The summed E-state index contributed by atoms with van der Waals surface area (Å²) >= 11 is 0. The molecular formula is C16H28N2. The zero-order valence-electron chi connectivity index (χ0n) is 12.3. The normalized spacial score (nSPS) is 13.2. The number of nitrogens with zero attached hydrogens (tertiary/aromatic N) is 1. The van der Waals surface area contributed by atoms with Crippen molar-refractivity contribution in [1.29, 1.82) is 0 Å². The van der Waals surface area contributed by atoms with Crippen molar-refractivity contribution in [2.24, 2.45) is 0 Å². The van der Waals surface area contributed by atoms with Crippen molar-refractivity contribution in [3.63, 3.8) is 0 Å². The van der Waals surface area contributed by atoms with Crippen molar-refractivity contribution in [2.45, 2.75) is 45.7 Å². The van der Waals surface area contributed by atoms with Crippen LogP contribution in [0.1, 0.15) is 45.2 Å². The summed E-state index contributed by atoms with van der Waals surface area (Å²) in [6.07, 6.45) is 2.45. The second kappa shape index (κ2) is 8.28. The molecule has 0 radical (unpaired) electrons. The van der Waals surface area contributed by atoms with Gasteiger partial charge in [0, 0.05) is 18.6 Å². The topological polar surface area (TPSA) is 15.3 Å². The number of likely N-dealkylation sites (N-methyl/N-ethyl adjacent to an activating group) is 2. The van der Waals surface area contributed by atoms with Crippen LogP contribution >= 0.6 is 0 Å². The monoisotopic (exact) mass is 248 g/mol. The predicted molar refractivity (Wildman–Crippen MR) is 79.9 cm³/mol. The Kier molecular flexibility index (Phi) is 6.99. The molecule has 102 valence electrons. The summed E-state index contributed by atoms with van der Waals surface area (Å²) in [7, 11) is 2.24. The Morgan fingerprint density at radius 3 is 2.17 bits per heavy atom. The molecule has 1 aromatic carbocycles. The van der Waals surface area contributed by atoms with E-state index in [2.05, 4.69) is 68.4 Å². The first-order valence-electron chi connectivity index (χ1n) is 7.21. The fourth-order valence-corrected chi connectivity index (χ4v) is 2.57. The molecule has 0 saturated carbocycles. The quantitative estimate of drug-likeness (QED) is 0.758. The lowest BCUT2D eigenvalue weighted by Gasteiger charge is -2.30. The van der Waals surface area contributed by atoms with Gasteiger partial charge in [0.1, 0.15) is 0 Å². The van der Waals surface area contributed by atoms with Gasteiger partial charge in [-0.15, -0.1) is 0 Å². The van der Waals surface area contributed by atoms with E-state index in [1.165, 1.54) is 18.4 Å². The van der Waals surface area contributed by atoms with Crippen molar-refractivity contribution >= 4 is 0 Å². The summed E-state index contributed by atoms with van der Waals surface area (Å²) < 4.78 is 0. The highest BCUT2D eigenvalue weighted by atomic mass is 15.1. The van der Waals surface area contributed by atoms with Crippen molar-refractivity contribution in [3.05, 3.63) is 35.9 Å². The van der Waals surface area contributed by atoms with E-state index in [-0.39, 0.29) is 0 Å². The van der Waals surface area contributed by atoms with Gasteiger partial charge in [-0.1, -0.05) is 51.1 Å². The maximum absolute atomic E-state index is 3.59. The molecule has 1 atom stereocenters. The van der Waals surface area contributed by atoms with E-state index >= 15 is 0 Å². The van der Waals surface area contributed by atoms with Crippen LogP contribution in [0.15, 0.2) is 30.3 Å². The lowest BCUT2D eigenvalue weighted by Crippen LogP contribution is -2.38. The third-order valence-corrected chi connectivity index (χ3v) is 3.69. The van der Waals surface area contributed by atoms with Crippen molar-refractivity contribution in [1.82, 2.24) is 10.2 Å². The number of hydrogen-bond acceptors (Lipinski definition) is 2. The Bertz CT molecular complexity index is 306. The molecule has 2 heteroatoms. The molecule has 1 unspecified atom stereocenters. The highest BCUT2D eigenvalue weighted by Gasteiger charge is 2.16. The van der Waals surface area contributed by atoms with Crippen molar-refractivity contribution in [2.75, 3.05) is 20.1 Å². The fourth-order valence-electron chi connectivity index (χ4n) is 2.57. The Morgan fingerprint density at radius 1 is 1.06 bits per heavy atom. The highest BCUT2D eigenvalue weighted by molar-refractivity contribution is 5.19. The molecule has 18 heavy (non-hydrogen) atoms. The standard InChI is InChI=1S/C16H28N2/c1-5-15(6-2)18(4)13-16(17-7-3)14-11-9-8-10-12-14/h8-12,15-17H,5-7,13H2,1-4H3. The van der Waals surface area contributed by atoms with Crippen molar-refractivity contribution in [3.8, 4) is 0 Å². The van der Waals surface area contributed by atoms with Gasteiger partial charge < -0.3 is 10.2 Å². The molecule has 1 N–H and O–H groups in total. The highest BCUT2D eigenvalue weighted by Crippen LogP contribution is 2.16. The maximum Gasteiger partial charge on any atom is 0.0449 e. The molecular weight excluding hydrogens is 220 g/mol. The van der Waals surface area contributed by atoms with Gasteiger partial charge in [0.05, 0.1) is 0 Å². The molecule has 0 heterocycles. The van der Waals surface area contributed by atoms with Gasteiger partial charge in [0.2, 0.25) is 0 Å². The summed E-state index contributed by atoms with van der Waals surface area (Å²) in [6.45, 7) is 8.80. The molecule has 0 aliphatic heterocycles. The minimum atomic E-state index is 0.432. The first-order valence-corrected chi connectivity index (χ1v) is 7.21. The largest absolute Gasteiger partial charge is 0.309 e. The zero-order valence-corrected chi connectivity index (χ0v) is 12.3. The van der Waals surface area contributed by atoms with Crippen LogP contribution in [-0.2, 0) is 0 Å². The Balaban J connectivity index is 2.69. The molecule has 1 aromatic rings. The van der Waals surface area contributed by atoms with Gasteiger partial charge in [-0.2, -0.15) is 0 Å². The van der Waals surface area contributed by atoms with Crippen molar-refractivity contribution < 1.29 is 0 Å².